The Bertz CT molecular complexity index is 180. The van der Waals surface area contributed by atoms with Crippen LogP contribution in [0, 0.1) is 0 Å². The van der Waals surface area contributed by atoms with Gasteiger partial charge < -0.3 is 10.1 Å². The zero-order valence-electron chi connectivity index (χ0n) is 10.9. The molecule has 1 N–H and O–H groups in total. The Hall–Kier alpha value is 0.230. The fraction of sp³-hybridized carbons (Fsp3) is 1.00. The van der Waals surface area contributed by atoms with Crippen molar-refractivity contribution in [2.45, 2.75) is 32.4 Å². The molecule has 1 fully saturated rings. The molecule has 1 rings (SSSR count). The Balaban J connectivity index is 2.10. The van der Waals surface area contributed by atoms with E-state index in [9.17, 15) is 0 Å². The molecule has 0 radical (unpaired) electrons. The number of hydrogen-bond donors (Lipinski definition) is 1. The number of thioether (sulfide) groups is 1. The highest BCUT2D eigenvalue weighted by atomic mass is 32.2. The lowest BCUT2D eigenvalue weighted by molar-refractivity contribution is 0.166. The average molecular weight is 246 g/mol. The van der Waals surface area contributed by atoms with E-state index >= 15 is 0 Å². The first kappa shape index (κ1) is 14.3. The highest BCUT2D eigenvalue weighted by molar-refractivity contribution is 7.99. The fourth-order valence-corrected chi connectivity index (χ4v) is 3.20. The largest absolute Gasteiger partial charge is 0.385 e. The third-order valence-electron chi connectivity index (χ3n) is 3.13. The van der Waals surface area contributed by atoms with E-state index < -0.39 is 0 Å². The molecule has 2 atom stereocenters. The van der Waals surface area contributed by atoms with Gasteiger partial charge in [0.1, 0.15) is 0 Å². The van der Waals surface area contributed by atoms with Crippen molar-refractivity contribution in [2.75, 3.05) is 44.9 Å². The van der Waals surface area contributed by atoms with Gasteiger partial charge in [-0.3, -0.25) is 4.90 Å². The molecule has 1 heterocycles. The van der Waals surface area contributed by atoms with E-state index in [-0.39, 0.29) is 0 Å². The number of hydrogen-bond acceptors (Lipinski definition) is 4. The van der Waals surface area contributed by atoms with Crippen molar-refractivity contribution >= 4 is 11.8 Å². The molecule has 0 aromatic heterocycles. The van der Waals surface area contributed by atoms with Crippen LogP contribution in [0.25, 0.3) is 0 Å². The highest BCUT2D eigenvalue weighted by Gasteiger charge is 2.22. The molecule has 0 aromatic rings. The van der Waals surface area contributed by atoms with E-state index in [1.54, 1.807) is 7.11 Å². The van der Waals surface area contributed by atoms with Gasteiger partial charge >= 0.3 is 0 Å². The maximum absolute atomic E-state index is 5.03. The van der Waals surface area contributed by atoms with Crippen LogP contribution in [0.2, 0.25) is 0 Å². The lowest BCUT2D eigenvalue weighted by Crippen LogP contribution is -2.49. The van der Waals surface area contributed by atoms with Crippen LogP contribution in [0.3, 0.4) is 0 Å². The normalized spacial score (nSPS) is 24.6. The highest BCUT2D eigenvalue weighted by Crippen LogP contribution is 2.17. The first-order valence-corrected chi connectivity index (χ1v) is 7.44. The minimum absolute atomic E-state index is 0.651. The van der Waals surface area contributed by atoms with Crippen molar-refractivity contribution in [2.24, 2.45) is 0 Å². The minimum atomic E-state index is 0.651. The molecule has 0 saturated carbocycles. The number of ether oxygens (including phenoxy) is 1. The first-order valence-electron chi connectivity index (χ1n) is 6.29. The summed E-state index contributed by atoms with van der Waals surface area (Å²) < 4.78 is 5.03. The average Bonchev–Trinajstić information content (AvgIpc) is 2.29. The Morgan fingerprint density at radius 1 is 1.56 bits per heavy atom. The third kappa shape index (κ3) is 5.04. The zero-order valence-corrected chi connectivity index (χ0v) is 11.7. The minimum Gasteiger partial charge on any atom is -0.385 e. The molecule has 2 unspecified atom stereocenters. The molecule has 4 heteroatoms. The van der Waals surface area contributed by atoms with Crippen LogP contribution in [0.1, 0.15) is 20.3 Å². The van der Waals surface area contributed by atoms with Gasteiger partial charge in [-0.05, 0) is 26.8 Å². The summed E-state index contributed by atoms with van der Waals surface area (Å²) in [5, 5.41) is 3.51. The number of rotatable bonds is 7. The van der Waals surface area contributed by atoms with Crippen molar-refractivity contribution in [1.82, 2.24) is 10.2 Å². The van der Waals surface area contributed by atoms with Crippen molar-refractivity contribution in [3.8, 4) is 0 Å². The van der Waals surface area contributed by atoms with E-state index in [0.717, 1.165) is 32.2 Å². The van der Waals surface area contributed by atoms with Gasteiger partial charge in [0.25, 0.3) is 0 Å². The van der Waals surface area contributed by atoms with Crippen molar-refractivity contribution in [3.63, 3.8) is 0 Å². The number of nitrogens with zero attached hydrogens (tertiary/aromatic N) is 1. The van der Waals surface area contributed by atoms with E-state index in [4.69, 9.17) is 4.74 Å². The van der Waals surface area contributed by atoms with Gasteiger partial charge in [0.15, 0.2) is 0 Å². The van der Waals surface area contributed by atoms with Crippen LogP contribution in [0.5, 0.6) is 0 Å². The van der Waals surface area contributed by atoms with Crippen LogP contribution in [-0.4, -0.2) is 61.8 Å². The van der Waals surface area contributed by atoms with Crippen molar-refractivity contribution < 1.29 is 4.74 Å². The Kier molecular flexibility index (Phi) is 7.45. The molecule has 1 aliphatic heterocycles. The van der Waals surface area contributed by atoms with Crippen LogP contribution < -0.4 is 5.32 Å². The van der Waals surface area contributed by atoms with Crippen LogP contribution in [0.15, 0.2) is 0 Å². The Morgan fingerprint density at radius 3 is 3.06 bits per heavy atom. The zero-order chi connectivity index (χ0) is 11.8. The van der Waals surface area contributed by atoms with Gasteiger partial charge in [-0.25, -0.2) is 0 Å². The second-order valence-corrected chi connectivity index (χ2v) is 5.71. The summed E-state index contributed by atoms with van der Waals surface area (Å²) in [6, 6.07) is 1.38. The first-order chi connectivity index (χ1) is 7.75. The van der Waals surface area contributed by atoms with E-state index in [1.165, 1.54) is 18.1 Å². The SMILES string of the molecule is COCCCNCC(C)N1CCSCC1C. The predicted octanol–water partition coefficient (Wildman–Crippen LogP) is 1.44. The second kappa shape index (κ2) is 8.34. The summed E-state index contributed by atoms with van der Waals surface area (Å²) in [7, 11) is 1.76. The van der Waals surface area contributed by atoms with Gasteiger partial charge in [-0.2, -0.15) is 11.8 Å². The standard InChI is InChI=1S/C12H26N2OS/c1-11(9-13-5-4-7-15-3)14-6-8-16-10-12(14)2/h11-13H,4-10H2,1-3H3. The molecule has 0 amide bonds. The molecule has 0 aromatic carbocycles. The van der Waals surface area contributed by atoms with Crippen LogP contribution in [0.4, 0.5) is 0 Å². The van der Waals surface area contributed by atoms with E-state index in [2.05, 4.69) is 35.8 Å². The summed E-state index contributed by atoms with van der Waals surface area (Å²) in [4.78, 5) is 2.62. The number of methoxy groups -OCH3 is 1. The lowest BCUT2D eigenvalue weighted by atomic mass is 10.2. The van der Waals surface area contributed by atoms with Gasteiger partial charge in [0.05, 0.1) is 0 Å². The molecular formula is C12H26N2OS. The molecule has 1 aliphatic rings. The summed E-state index contributed by atoms with van der Waals surface area (Å²) in [5.74, 6) is 2.58. The topological polar surface area (TPSA) is 24.5 Å². The summed E-state index contributed by atoms with van der Waals surface area (Å²) in [6.45, 7) is 8.93. The monoisotopic (exact) mass is 246 g/mol. The predicted molar refractivity (Wildman–Crippen MR) is 72.3 cm³/mol. The summed E-state index contributed by atoms with van der Waals surface area (Å²) in [6.07, 6.45) is 1.11. The van der Waals surface area contributed by atoms with Crippen LogP contribution >= 0.6 is 11.8 Å². The molecule has 1 saturated heterocycles. The fourth-order valence-electron chi connectivity index (χ4n) is 2.16. The molecule has 0 spiro atoms. The van der Waals surface area contributed by atoms with Crippen LogP contribution in [-0.2, 0) is 4.74 Å². The smallest absolute Gasteiger partial charge is 0.0474 e. The van der Waals surface area contributed by atoms with Gasteiger partial charge in [-0.1, -0.05) is 0 Å². The van der Waals surface area contributed by atoms with Gasteiger partial charge in [-0.15, -0.1) is 0 Å². The van der Waals surface area contributed by atoms with E-state index in [0.29, 0.717) is 6.04 Å². The molecule has 96 valence electrons. The molecule has 16 heavy (non-hydrogen) atoms. The quantitative estimate of drug-likeness (QED) is 0.687. The Labute approximate surface area is 104 Å². The van der Waals surface area contributed by atoms with Crippen molar-refractivity contribution in [3.05, 3.63) is 0 Å². The second-order valence-electron chi connectivity index (χ2n) is 4.56. The Morgan fingerprint density at radius 2 is 2.38 bits per heavy atom. The van der Waals surface area contributed by atoms with Gasteiger partial charge in [0, 0.05) is 50.4 Å². The molecule has 0 aliphatic carbocycles. The molecule has 0 bridgehead atoms. The molecule has 3 nitrogen and oxygen atoms in total. The number of nitrogens with one attached hydrogen (secondary N) is 1. The maximum Gasteiger partial charge on any atom is 0.0474 e. The lowest BCUT2D eigenvalue weighted by Gasteiger charge is -2.37. The van der Waals surface area contributed by atoms with Gasteiger partial charge in [0.2, 0.25) is 0 Å². The molecular weight excluding hydrogens is 220 g/mol. The van der Waals surface area contributed by atoms with Crippen molar-refractivity contribution in [1.29, 1.82) is 0 Å². The van der Waals surface area contributed by atoms with E-state index in [1.807, 2.05) is 0 Å². The summed E-state index contributed by atoms with van der Waals surface area (Å²) in [5.41, 5.74) is 0. The summed E-state index contributed by atoms with van der Waals surface area (Å²) >= 11 is 2.08. The third-order valence-corrected chi connectivity index (χ3v) is 4.32. The maximum atomic E-state index is 5.03.